The van der Waals surface area contributed by atoms with Gasteiger partial charge >= 0.3 is 0 Å². The van der Waals surface area contributed by atoms with Crippen LogP contribution in [0.3, 0.4) is 0 Å². The fraction of sp³-hybridized carbons (Fsp3) is 0.684. The van der Waals surface area contributed by atoms with E-state index < -0.39 is 0 Å². The van der Waals surface area contributed by atoms with Gasteiger partial charge in [0.1, 0.15) is 0 Å². The molecule has 2 rings (SSSR count). The molecular formula is C19H32N2. The van der Waals surface area contributed by atoms with Crippen molar-refractivity contribution in [2.75, 3.05) is 26.2 Å². The van der Waals surface area contributed by atoms with E-state index in [1.54, 1.807) is 0 Å². The Morgan fingerprint density at radius 1 is 1.14 bits per heavy atom. The van der Waals surface area contributed by atoms with E-state index in [4.69, 9.17) is 0 Å². The first kappa shape index (κ1) is 16.5. The second-order valence-corrected chi connectivity index (χ2v) is 7.38. The van der Waals surface area contributed by atoms with Crippen LogP contribution in [0.25, 0.3) is 0 Å². The van der Waals surface area contributed by atoms with Gasteiger partial charge in [0.25, 0.3) is 0 Å². The molecule has 118 valence electrons. The van der Waals surface area contributed by atoms with Gasteiger partial charge in [0.2, 0.25) is 0 Å². The Bertz CT molecular complexity index is 412. The van der Waals surface area contributed by atoms with Gasteiger partial charge in [0, 0.05) is 12.6 Å². The predicted molar refractivity (Wildman–Crippen MR) is 91.7 cm³/mol. The van der Waals surface area contributed by atoms with Gasteiger partial charge in [-0.3, -0.25) is 0 Å². The van der Waals surface area contributed by atoms with Crippen LogP contribution >= 0.6 is 0 Å². The van der Waals surface area contributed by atoms with E-state index in [0.29, 0.717) is 11.5 Å². The zero-order valence-corrected chi connectivity index (χ0v) is 14.3. The normalized spacial score (nSPS) is 20.4. The summed E-state index contributed by atoms with van der Waals surface area (Å²) >= 11 is 0. The lowest BCUT2D eigenvalue weighted by Crippen LogP contribution is -2.42. The van der Waals surface area contributed by atoms with Crippen molar-refractivity contribution < 1.29 is 0 Å². The Morgan fingerprint density at radius 2 is 1.76 bits per heavy atom. The Labute approximate surface area is 130 Å². The fourth-order valence-electron chi connectivity index (χ4n) is 3.00. The summed E-state index contributed by atoms with van der Waals surface area (Å²) in [7, 11) is 0. The van der Waals surface area contributed by atoms with Crippen LogP contribution in [0.1, 0.15) is 57.2 Å². The van der Waals surface area contributed by atoms with Crippen LogP contribution in [0, 0.1) is 12.3 Å². The maximum Gasteiger partial charge on any atom is 0.0449 e. The number of piperidine rings is 1. The van der Waals surface area contributed by atoms with Crippen molar-refractivity contribution in [3.05, 3.63) is 35.4 Å². The highest BCUT2D eigenvalue weighted by molar-refractivity contribution is 5.24. The molecule has 1 aromatic rings. The van der Waals surface area contributed by atoms with Crippen LogP contribution in [-0.2, 0) is 0 Å². The van der Waals surface area contributed by atoms with E-state index in [-0.39, 0.29) is 0 Å². The number of benzene rings is 1. The quantitative estimate of drug-likeness (QED) is 0.845. The molecule has 1 N–H and O–H groups in total. The Morgan fingerprint density at radius 3 is 2.33 bits per heavy atom. The van der Waals surface area contributed by atoms with Crippen LogP contribution in [0.5, 0.6) is 0 Å². The van der Waals surface area contributed by atoms with E-state index in [1.807, 2.05) is 0 Å². The third kappa shape index (κ3) is 5.12. The second kappa shape index (κ2) is 7.42. The average molecular weight is 288 g/mol. The number of hydrogen-bond donors (Lipinski definition) is 1. The zero-order chi connectivity index (χ0) is 15.3. The zero-order valence-electron chi connectivity index (χ0n) is 14.3. The smallest absolute Gasteiger partial charge is 0.0449 e. The standard InChI is InChI=1S/C19H32N2/c1-5-12-20-18(17-8-6-16(2)7-9-17)15-21-13-10-19(3,4)11-14-21/h6-9,18,20H,5,10-15H2,1-4H3. The number of nitrogens with zero attached hydrogens (tertiary/aromatic N) is 1. The highest BCUT2D eigenvalue weighted by Crippen LogP contribution is 2.30. The van der Waals surface area contributed by atoms with Gasteiger partial charge in [0.15, 0.2) is 0 Å². The van der Waals surface area contributed by atoms with Gasteiger partial charge in [-0.05, 0) is 56.8 Å². The van der Waals surface area contributed by atoms with Crippen molar-refractivity contribution in [1.82, 2.24) is 10.2 Å². The largest absolute Gasteiger partial charge is 0.309 e. The van der Waals surface area contributed by atoms with Crippen molar-refractivity contribution in [2.45, 2.75) is 53.0 Å². The Hall–Kier alpha value is -0.860. The molecule has 0 aromatic heterocycles. The first-order chi connectivity index (χ1) is 10.00. The second-order valence-electron chi connectivity index (χ2n) is 7.38. The molecule has 2 heteroatoms. The third-order valence-corrected chi connectivity index (χ3v) is 4.77. The van der Waals surface area contributed by atoms with Crippen molar-refractivity contribution in [3.8, 4) is 0 Å². The number of hydrogen-bond acceptors (Lipinski definition) is 2. The first-order valence-electron chi connectivity index (χ1n) is 8.52. The van der Waals surface area contributed by atoms with E-state index in [9.17, 15) is 0 Å². The topological polar surface area (TPSA) is 15.3 Å². The first-order valence-corrected chi connectivity index (χ1v) is 8.52. The molecule has 0 spiro atoms. The highest BCUT2D eigenvalue weighted by atomic mass is 15.2. The lowest BCUT2D eigenvalue weighted by molar-refractivity contribution is 0.122. The molecular weight excluding hydrogens is 256 g/mol. The van der Waals surface area contributed by atoms with Crippen molar-refractivity contribution in [1.29, 1.82) is 0 Å². The minimum absolute atomic E-state index is 0.465. The summed E-state index contributed by atoms with van der Waals surface area (Å²) in [6.45, 7) is 13.9. The minimum atomic E-state index is 0.465. The molecule has 1 aliphatic heterocycles. The number of aryl methyl sites for hydroxylation is 1. The summed E-state index contributed by atoms with van der Waals surface area (Å²) in [6, 6.07) is 9.50. The highest BCUT2D eigenvalue weighted by Gasteiger charge is 2.26. The summed E-state index contributed by atoms with van der Waals surface area (Å²) in [6.07, 6.45) is 3.83. The van der Waals surface area contributed by atoms with Gasteiger partial charge < -0.3 is 10.2 Å². The van der Waals surface area contributed by atoms with Crippen molar-refractivity contribution in [3.63, 3.8) is 0 Å². The molecule has 1 unspecified atom stereocenters. The van der Waals surface area contributed by atoms with Crippen LogP contribution in [0.4, 0.5) is 0 Å². The Kier molecular flexibility index (Phi) is 5.83. The van der Waals surface area contributed by atoms with Gasteiger partial charge in [-0.25, -0.2) is 0 Å². The minimum Gasteiger partial charge on any atom is -0.309 e. The average Bonchev–Trinajstić information content (AvgIpc) is 2.46. The molecule has 1 fully saturated rings. The summed E-state index contributed by atoms with van der Waals surface area (Å²) in [5.41, 5.74) is 3.30. The molecule has 0 aliphatic carbocycles. The van der Waals surface area contributed by atoms with Gasteiger partial charge in [-0.2, -0.15) is 0 Å². The number of nitrogens with one attached hydrogen (secondary N) is 1. The summed E-state index contributed by atoms with van der Waals surface area (Å²) < 4.78 is 0. The molecule has 0 saturated carbocycles. The summed E-state index contributed by atoms with van der Waals surface area (Å²) in [4.78, 5) is 2.64. The van der Waals surface area contributed by atoms with Crippen molar-refractivity contribution in [2.24, 2.45) is 5.41 Å². The molecule has 0 radical (unpaired) electrons. The van der Waals surface area contributed by atoms with Gasteiger partial charge in [-0.15, -0.1) is 0 Å². The Balaban J connectivity index is 1.98. The SMILES string of the molecule is CCCNC(CN1CCC(C)(C)CC1)c1ccc(C)cc1. The van der Waals surface area contributed by atoms with E-state index in [0.717, 1.165) is 13.1 Å². The van der Waals surface area contributed by atoms with Crippen molar-refractivity contribution >= 4 is 0 Å². The molecule has 1 aliphatic rings. The summed E-state index contributed by atoms with van der Waals surface area (Å²) in [5, 5.41) is 3.73. The third-order valence-electron chi connectivity index (χ3n) is 4.77. The number of rotatable bonds is 6. The van der Waals surface area contributed by atoms with E-state index in [1.165, 1.54) is 43.5 Å². The molecule has 1 heterocycles. The maximum atomic E-state index is 3.73. The number of likely N-dealkylation sites (tertiary alicyclic amines) is 1. The molecule has 21 heavy (non-hydrogen) atoms. The van der Waals surface area contributed by atoms with Crippen LogP contribution in [0.15, 0.2) is 24.3 Å². The van der Waals surface area contributed by atoms with Gasteiger partial charge in [0.05, 0.1) is 0 Å². The van der Waals surface area contributed by atoms with E-state index >= 15 is 0 Å². The molecule has 2 nitrogen and oxygen atoms in total. The lowest BCUT2D eigenvalue weighted by Gasteiger charge is -2.38. The molecule has 1 saturated heterocycles. The lowest BCUT2D eigenvalue weighted by atomic mass is 9.82. The fourth-order valence-corrected chi connectivity index (χ4v) is 3.00. The predicted octanol–water partition coefficient (Wildman–Crippen LogP) is 4.16. The van der Waals surface area contributed by atoms with Crippen LogP contribution in [-0.4, -0.2) is 31.1 Å². The van der Waals surface area contributed by atoms with Crippen LogP contribution in [0.2, 0.25) is 0 Å². The van der Waals surface area contributed by atoms with Crippen LogP contribution < -0.4 is 5.32 Å². The maximum absolute atomic E-state index is 3.73. The summed E-state index contributed by atoms with van der Waals surface area (Å²) in [5.74, 6) is 0. The molecule has 0 bridgehead atoms. The molecule has 1 atom stereocenters. The monoisotopic (exact) mass is 288 g/mol. The van der Waals surface area contributed by atoms with Gasteiger partial charge in [-0.1, -0.05) is 50.6 Å². The van der Waals surface area contributed by atoms with E-state index in [2.05, 4.69) is 62.2 Å². The molecule has 0 amide bonds. The molecule has 1 aromatic carbocycles.